The fraction of sp³-hybridized carbons (Fsp3) is 0.769. The largest absolute Gasteiger partial charge is 0.354 e. The summed E-state index contributed by atoms with van der Waals surface area (Å²) in [5, 5.41) is 6.63. The van der Waals surface area contributed by atoms with E-state index in [1.165, 1.54) is 13.0 Å². The second kappa shape index (κ2) is 7.59. The molecule has 1 aromatic heterocycles. The average molecular weight is 299 g/mol. The molecule has 6 nitrogen and oxygen atoms in total. The Balaban J connectivity index is 1.87. The van der Waals surface area contributed by atoms with Crippen molar-refractivity contribution in [2.45, 2.75) is 26.7 Å². The lowest BCUT2D eigenvalue weighted by molar-refractivity contribution is 0.345. The number of anilines is 2. The van der Waals surface area contributed by atoms with E-state index in [2.05, 4.69) is 44.3 Å². The summed E-state index contributed by atoms with van der Waals surface area (Å²) in [5.41, 5.74) is 0. The average Bonchev–Trinajstić information content (AvgIpc) is 2.90. The van der Waals surface area contributed by atoms with Gasteiger partial charge in [-0.3, -0.25) is 0 Å². The summed E-state index contributed by atoms with van der Waals surface area (Å²) in [7, 11) is 0. The predicted molar refractivity (Wildman–Crippen MR) is 82.3 cm³/mol. The highest BCUT2D eigenvalue weighted by atomic mass is 35.5. The number of nitrogens with zero attached hydrogens (tertiary/aromatic N) is 4. The van der Waals surface area contributed by atoms with Crippen molar-refractivity contribution in [2.24, 2.45) is 5.92 Å². The van der Waals surface area contributed by atoms with Gasteiger partial charge in [0.1, 0.15) is 0 Å². The zero-order valence-electron chi connectivity index (χ0n) is 12.2. The molecule has 112 valence electrons. The van der Waals surface area contributed by atoms with Crippen molar-refractivity contribution in [1.29, 1.82) is 0 Å². The third-order valence-electron chi connectivity index (χ3n) is 3.51. The molecule has 2 rings (SSSR count). The summed E-state index contributed by atoms with van der Waals surface area (Å²) in [6, 6.07) is 0. The summed E-state index contributed by atoms with van der Waals surface area (Å²) in [6.45, 7) is 9.45. The molecule has 1 saturated heterocycles. The molecule has 0 aliphatic carbocycles. The van der Waals surface area contributed by atoms with Gasteiger partial charge in [-0.2, -0.15) is 15.0 Å². The zero-order chi connectivity index (χ0) is 14.4. The minimum Gasteiger partial charge on any atom is -0.354 e. The monoisotopic (exact) mass is 298 g/mol. The van der Waals surface area contributed by atoms with Gasteiger partial charge in [0.2, 0.25) is 17.2 Å². The smallest absolute Gasteiger partial charge is 0.228 e. The van der Waals surface area contributed by atoms with E-state index >= 15 is 0 Å². The van der Waals surface area contributed by atoms with Gasteiger partial charge in [-0.25, -0.2) is 0 Å². The zero-order valence-corrected chi connectivity index (χ0v) is 12.9. The van der Waals surface area contributed by atoms with Crippen LogP contribution >= 0.6 is 11.6 Å². The Hall–Kier alpha value is -1.14. The van der Waals surface area contributed by atoms with Crippen molar-refractivity contribution >= 4 is 23.5 Å². The Labute approximate surface area is 125 Å². The van der Waals surface area contributed by atoms with E-state index in [4.69, 9.17) is 11.6 Å². The van der Waals surface area contributed by atoms with Crippen LogP contribution in [-0.2, 0) is 0 Å². The van der Waals surface area contributed by atoms with Crippen LogP contribution in [0, 0.1) is 5.92 Å². The van der Waals surface area contributed by atoms with Crippen LogP contribution in [0.15, 0.2) is 0 Å². The van der Waals surface area contributed by atoms with Gasteiger partial charge in [0.15, 0.2) is 0 Å². The highest BCUT2D eigenvalue weighted by Gasteiger charge is 2.21. The first-order chi connectivity index (χ1) is 9.71. The summed E-state index contributed by atoms with van der Waals surface area (Å²) in [4.78, 5) is 15.0. The predicted octanol–water partition coefficient (Wildman–Crippen LogP) is 2.10. The molecule has 1 aliphatic rings. The molecule has 0 spiro atoms. The van der Waals surface area contributed by atoms with E-state index < -0.39 is 0 Å². The quantitative estimate of drug-likeness (QED) is 0.804. The molecule has 2 N–H and O–H groups in total. The Kier molecular flexibility index (Phi) is 5.79. The maximum atomic E-state index is 5.92. The van der Waals surface area contributed by atoms with Crippen molar-refractivity contribution in [3.8, 4) is 0 Å². The minimum atomic E-state index is 0.225. The van der Waals surface area contributed by atoms with Crippen LogP contribution in [0.25, 0.3) is 0 Å². The lowest BCUT2D eigenvalue weighted by Gasteiger charge is -2.14. The molecule has 0 saturated carbocycles. The lowest BCUT2D eigenvalue weighted by Crippen LogP contribution is -2.23. The van der Waals surface area contributed by atoms with Gasteiger partial charge in [0, 0.05) is 19.6 Å². The fourth-order valence-electron chi connectivity index (χ4n) is 2.35. The number of nitrogens with one attached hydrogen (secondary N) is 2. The van der Waals surface area contributed by atoms with E-state index in [0.29, 0.717) is 17.8 Å². The maximum Gasteiger partial charge on any atom is 0.228 e. The van der Waals surface area contributed by atoms with Gasteiger partial charge in [0.25, 0.3) is 0 Å². The van der Waals surface area contributed by atoms with Crippen LogP contribution in [0.3, 0.4) is 0 Å². The molecule has 0 bridgehead atoms. The molecule has 0 radical (unpaired) electrons. The van der Waals surface area contributed by atoms with E-state index in [0.717, 1.165) is 32.6 Å². The second-order valence-electron chi connectivity index (χ2n) is 5.11. The van der Waals surface area contributed by atoms with Crippen LogP contribution in [0.4, 0.5) is 11.9 Å². The number of hydrogen-bond donors (Lipinski definition) is 2. The first-order valence-electron chi connectivity index (χ1n) is 7.33. The number of hydrogen-bond acceptors (Lipinski definition) is 6. The van der Waals surface area contributed by atoms with Crippen LogP contribution in [-0.4, -0.2) is 52.6 Å². The number of aromatic nitrogens is 3. The Bertz CT molecular complexity index is 427. The Morgan fingerprint density at radius 3 is 2.60 bits per heavy atom. The Morgan fingerprint density at radius 2 is 1.95 bits per heavy atom. The first kappa shape index (κ1) is 15.3. The van der Waals surface area contributed by atoms with Gasteiger partial charge >= 0.3 is 0 Å². The molecular weight excluding hydrogens is 276 g/mol. The Morgan fingerprint density at radius 1 is 1.20 bits per heavy atom. The third-order valence-corrected chi connectivity index (χ3v) is 3.68. The van der Waals surface area contributed by atoms with Gasteiger partial charge in [-0.1, -0.05) is 13.8 Å². The van der Waals surface area contributed by atoms with Crippen LogP contribution in [0.2, 0.25) is 5.28 Å². The number of rotatable bonds is 7. The van der Waals surface area contributed by atoms with Gasteiger partial charge < -0.3 is 15.5 Å². The van der Waals surface area contributed by atoms with Crippen molar-refractivity contribution in [2.75, 3.05) is 43.4 Å². The molecule has 1 aromatic rings. The number of halogens is 1. The van der Waals surface area contributed by atoms with Crippen LogP contribution < -0.4 is 10.6 Å². The molecule has 1 unspecified atom stereocenters. The fourth-order valence-corrected chi connectivity index (χ4v) is 2.51. The van der Waals surface area contributed by atoms with Crippen LogP contribution in [0.1, 0.15) is 26.7 Å². The molecular formula is C13H23ClN6. The summed E-state index contributed by atoms with van der Waals surface area (Å²) < 4.78 is 0. The molecule has 2 heterocycles. The normalized spacial score (nSPS) is 19.2. The van der Waals surface area contributed by atoms with E-state index in [-0.39, 0.29) is 5.28 Å². The van der Waals surface area contributed by atoms with E-state index in [9.17, 15) is 0 Å². The lowest BCUT2D eigenvalue weighted by atomic mass is 10.1. The molecule has 0 amide bonds. The summed E-state index contributed by atoms with van der Waals surface area (Å²) >= 11 is 5.92. The van der Waals surface area contributed by atoms with Crippen molar-refractivity contribution in [3.05, 3.63) is 5.28 Å². The van der Waals surface area contributed by atoms with E-state index in [1.807, 2.05) is 0 Å². The standard InChI is InChI=1S/C13H23ClN6/c1-3-6-15-12-17-11(14)18-13(19-12)16-8-10-5-7-20(4-2)9-10/h10H,3-9H2,1-2H3,(H2,15,16,17,18,19). The topological polar surface area (TPSA) is 66.0 Å². The minimum absolute atomic E-state index is 0.225. The molecule has 1 atom stereocenters. The van der Waals surface area contributed by atoms with E-state index in [1.54, 1.807) is 0 Å². The second-order valence-corrected chi connectivity index (χ2v) is 5.45. The molecule has 0 aromatic carbocycles. The highest BCUT2D eigenvalue weighted by molar-refractivity contribution is 6.28. The SMILES string of the molecule is CCCNc1nc(Cl)nc(NCC2CCN(CC)C2)n1. The van der Waals surface area contributed by atoms with Crippen LogP contribution in [0.5, 0.6) is 0 Å². The van der Waals surface area contributed by atoms with Gasteiger partial charge in [-0.15, -0.1) is 0 Å². The summed E-state index contributed by atoms with van der Waals surface area (Å²) in [5.74, 6) is 1.74. The molecule has 1 fully saturated rings. The van der Waals surface area contributed by atoms with Crippen molar-refractivity contribution in [3.63, 3.8) is 0 Å². The van der Waals surface area contributed by atoms with Gasteiger partial charge in [0.05, 0.1) is 0 Å². The first-order valence-corrected chi connectivity index (χ1v) is 7.70. The maximum absolute atomic E-state index is 5.92. The van der Waals surface area contributed by atoms with Crippen molar-refractivity contribution < 1.29 is 0 Å². The van der Waals surface area contributed by atoms with Gasteiger partial charge in [-0.05, 0) is 43.5 Å². The highest BCUT2D eigenvalue weighted by Crippen LogP contribution is 2.16. The van der Waals surface area contributed by atoms with Crippen molar-refractivity contribution in [1.82, 2.24) is 19.9 Å². The number of likely N-dealkylation sites (tertiary alicyclic amines) is 1. The molecule has 1 aliphatic heterocycles. The third kappa shape index (κ3) is 4.45. The molecule has 7 heteroatoms. The summed E-state index contributed by atoms with van der Waals surface area (Å²) in [6.07, 6.45) is 2.24. The molecule has 20 heavy (non-hydrogen) atoms.